The SMILES string of the molecule is C=C(C)COc1cccc(NC(=O)CNc2ccc(NC(=O)c3cccc(C)c3)cc2)c1. The van der Waals surface area contributed by atoms with Gasteiger partial charge in [0.05, 0.1) is 6.54 Å². The molecule has 0 saturated heterocycles. The van der Waals surface area contributed by atoms with Crippen molar-refractivity contribution in [1.29, 1.82) is 0 Å². The summed E-state index contributed by atoms with van der Waals surface area (Å²) < 4.78 is 5.60. The molecule has 0 heterocycles. The Bertz CT molecular complexity index is 1110. The third-order valence-electron chi connectivity index (χ3n) is 4.48. The maximum atomic E-state index is 12.3. The lowest BCUT2D eigenvalue weighted by Gasteiger charge is -2.11. The summed E-state index contributed by atoms with van der Waals surface area (Å²) in [6, 6.07) is 21.8. The van der Waals surface area contributed by atoms with Gasteiger partial charge in [0, 0.05) is 28.7 Å². The topological polar surface area (TPSA) is 79.5 Å². The molecule has 0 aliphatic heterocycles. The first kappa shape index (κ1) is 22.6. The van der Waals surface area contributed by atoms with Gasteiger partial charge in [-0.25, -0.2) is 0 Å². The highest BCUT2D eigenvalue weighted by Crippen LogP contribution is 2.18. The van der Waals surface area contributed by atoms with Crippen LogP contribution in [-0.4, -0.2) is 25.0 Å². The molecule has 0 radical (unpaired) electrons. The van der Waals surface area contributed by atoms with Crippen LogP contribution in [0, 0.1) is 6.92 Å². The summed E-state index contributed by atoms with van der Waals surface area (Å²) in [6.07, 6.45) is 0. The van der Waals surface area contributed by atoms with Crippen molar-refractivity contribution in [2.24, 2.45) is 0 Å². The van der Waals surface area contributed by atoms with Crippen LogP contribution in [0.1, 0.15) is 22.8 Å². The monoisotopic (exact) mass is 429 g/mol. The van der Waals surface area contributed by atoms with Crippen LogP contribution in [-0.2, 0) is 4.79 Å². The predicted molar refractivity (Wildman–Crippen MR) is 129 cm³/mol. The maximum absolute atomic E-state index is 12.3. The predicted octanol–water partition coefficient (Wildman–Crippen LogP) is 5.25. The largest absolute Gasteiger partial charge is 0.489 e. The molecule has 164 valence electrons. The van der Waals surface area contributed by atoms with Crippen LogP contribution in [0.2, 0.25) is 0 Å². The fraction of sp³-hybridized carbons (Fsp3) is 0.154. The van der Waals surface area contributed by atoms with Crippen molar-refractivity contribution in [3.63, 3.8) is 0 Å². The highest BCUT2D eigenvalue weighted by Gasteiger charge is 2.07. The fourth-order valence-corrected chi connectivity index (χ4v) is 2.92. The van der Waals surface area contributed by atoms with Crippen LogP contribution in [0.15, 0.2) is 84.9 Å². The van der Waals surface area contributed by atoms with Crippen LogP contribution in [0.4, 0.5) is 17.1 Å². The molecule has 0 atom stereocenters. The molecule has 32 heavy (non-hydrogen) atoms. The van der Waals surface area contributed by atoms with Crippen molar-refractivity contribution in [3.8, 4) is 5.75 Å². The Kier molecular flexibility index (Phi) is 7.65. The lowest BCUT2D eigenvalue weighted by Crippen LogP contribution is -2.21. The average Bonchev–Trinajstić information content (AvgIpc) is 2.77. The molecule has 6 nitrogen and oxygen atoms in total. The molecule has 3 aromatic rings. The van der Waals surface area contributed by atoms with E-state index in [0.29, 0.717) is 29.3 Å². The van der Waals surface area contributed by atoms with E-state index < -0.39 is 0 Å². The van der Waals surface area contributed by atoms with E-state index in [1.807, 2.05) is 56.3 Å². The second-order valence-electron chi connectivity index (χ2n) is 7.58. The number of aryl methyl sites for hydroxylation is 1. The van der Waals surface area contributed by atoms with Gasteiger partial charge < -0.3 is 20.7 Å². The Morgan fingerprint density at radius 2 is 1.59 bits per heavy atom. The molecule has 0 unspecified atom stereocenters. The van der Waals surface area contributed by atoms with Crippen LogP contribution in [0.5, 0.6) is 5.75 Å². The first-order valence-electron chi connectivity index (χ1n) is 10.3. The Morgan fingerprint density at radius 3 is 2.31 bits per heavy atom. The molecular weight excluding hydrogens is 402 g/mol. The zero-order chi connectivity index (χ0) is 22.9. The number of hydrogen-bond acceptors (Lipinski definition) is 4. The second-order valence-corrected chi connectivity index (χ2v) is 7.58. The van der Waals surface area contributed by atoms with Gasteiger partial charge in [-0.05, 0) is 68.0 Å². The standard InChI is InChI=1S/C26H27N3O3/c1-18(2)17-32-24-9-5-8-23(15-24)28-25(30)16-27-21-10-12-22(13-11-21)29-26(31)20-7-4-6-19(3)14-20/h4-15,27H,1,16-17H2,2-3H3,(H,28,30)(H,29,31). The molecule has 0 aliphatic carbocycles. The zero-order valence-corrected chi connectivity index (χ0v) is 18.3. The van der Waals surface area contributed by atoms with Gasteiger partial charge in [-0.15, -0.1) is 0 Å². The number of carbonyl (C=O) groups is 2. The lowest BCUT2D eigenvalue weighted by atomic mass is 10.1. The fourth-order valence-electron chi connectivity index (χ4n) is 2.92. The van der Waals surface area contributed by atoms with Gasteiger partial charge in [0.2, 0.25) is 5.91 Å². The maximum Gasteiger partial charge on any atom is 0.255 e. The number of nitrogens with one attached hydrogen (secondary N) is 3. The van der Waals surface area contributed by atoms with Gasteiger partial charge in [-0.3, -0.25) is 9.59 Å². The first-order chi connectivity index (χ1) is 15.4. The van der Waals surface area contributed by atoms with Gasteiger partial charge >= 0.3 is 0 Å². The summed E-state index contributed by atoms with van der Waals surface area (Å²) >= 11 is 0. The van der Waals surface area contributed by atoms with E-state index >= 15 is 0 Å². The number of benzene rings is 3. The molecule has 3 aromatic carbocycles. The van der Waals surface area contributed by atoms with Crippen molar-refractivity contribution in [2.75, 3.05) is 29.1 Å². The third kappa shape index (κ3) is 7.02. The molecule has 0 fully saturated rings. The van der Waals surface area contributed by atoms with Crippen LogP contribution in [0.25, 0.3) is 0 Å². The van der Waals surface area contributed by atoms with Crippen LogP contribution in [0.3, 0.4) is 0 Å². The molecule has 0 spiro atoms. The van der Waals surface area contributed by atoms with E-state index in [1.54, 1.807) is 30.3 Å². The molecule has 0 aliphatic rings. The number of ether oxygens (including phenoxy) is 1. The number of carbonyl (C=O) groups excluding carboxylic acids is 2. The first-order valence-corrected chi connectivity index (χ1v) is 10.3. The van der Waals surface area contributed by atoms with Gasteiger partial charge in [0.15, 0.2) is 0 Å². The number of rotatable bonds is 9. The highest BCUT2D eigenvalue weighted by atomic mass is 16.5. The van der Waals surface area contributed by atoms with E-state index in [9.17, 15) is 9.59 Å². The number of amides is 2. The average molecular weight is 430 g/mol. The minimum absolute atomic E-state index is 0.103. The molecule has 3 N–H and O–H groups in total. The smallest absolute Gasteiger partial charge is 0.255 e. The molecule has 6 heteroatoms. The van der Waals surface area contributed by atoms with Crippen molar-refractivity contribution < 1.29 is 14.3 Å². The molecule has 3 rings (SSSR count). The van der Waals surface area contributed by atoms with Crippen LogP contribution < -0.4 is 20.7 Å². The van der Waals surface area contributed by atoms with E-state index in [1.165, 1.54) is 0 Å². The van der Waals surface area contributed by atoms with Crippen molar-refractivity contribution in [2.45, 2.75) is 13.8 Å². The molecular formula is C26H27N3O3. The van der Waals surface area contributed by atoms with Gasteiger partial charge in [-0.1, -0.05) is 30.3 Å². The zero-order valence-electron chi connectivity index (χ0n) is 18.3. The Labute approximate surface area is 188 Å². The summed E-state index contributed by atoms with van der Waals surface area (Å²) in [4.78, 5) is 24.6. The second kappa shape index (κ2) is 10.8. The van der Waals surface area contributed by atoms with Gasteiger partial charge in [-0.2, -0.15) is 0 Å². The van der Waals surface area contributed by atoms with Crippen molar-refractivity contribution >= 4 is 28.9 Å². The molecule has 0 aromatic heterocycles. The Morgan fingerprint density at radius 1 is 0.875 bits per heavy atom. The van der Waals surface area contributed by atoms with Gasteiger partial charge in [0.25, 0.3) is 5.91 Å². The van der Waals surface area contributed by atoms with E-state index in [0.717, 1.165) is 16.8 Å². The summed E-state index contributed by atoms with van der Waals surface area (Å²) in [5.74, 6) is 0.323. The van der Waals surface area contributed by atoms with Crippen molar-refractivity contribution in [3.05, 3.63) is 96.1 Å². The Balaban J connectivity index is 1.48. The minimum Gasteiger partial charge on any atom is -0.489 e. The third-order valence-corrected chi connectivity index (χ3v) is 4.48. The Hall–Kier alpha value is -4.06. The normalized spacial score (nSPS) is 10.2. The van der Waals surface area contributed by atoms with Gasteiger partial charge in [0.1, 0.15) is 12.4 Å². The highest BCUT2D eigenvalue weighted by molar-refractivity contribution is 6.04. The summed E-state index contributed by atoms with van der Waals surface area (Å²) in [6.45, 7) is 8.18. The minimum atomic E-state index is -0.182. The number of hydrogen-bond donors (Lipinski definition) is 3. The summed E-state index contributed by atoms with van der Waals surface area (Å²) in [5, 5.41) is 8.78. The molecule has 2 amide bonds. The van der Waals surface area contributed by atoms with Crippen molar-refractivity contribution in [1.82, 2.24) is 0 Å². The quantitative estimate of drug-likeness (QED) is 0.406. The van der Waals surface area contributed by atoms with E-state index in [4.69, 9.17) is 4.74 Å². The number of anilines is 3. The molecule has 0 bridgehead atoms. The van der Waals surface area contributed by atoms with E-state index in [2.05, 4.69) is 22.5 Å². The van der Waals surface area contributed by atoms with Crippen LogP contribution >= 0.6 is 0 Å². The lowest BCUT2D eigenvalue weighted by molar-refractivity contribution is -0.114. The summed E-state index contributed by atoms with van der Waals surface area (Å²) in [7, 11) is 0. The van der Waals surface area contributed by atoms with E-state index in [-0.39, 0.29) is 18.4 Å². The molecule has 0 saturated carbocycles. The summed E-state index contributed by atoms with van der Waals surface area (Å²) in [5.41, 5.74) is 4.67.